The number of carbonyl (C=O) groups excluding carboxylic acids is 1. The molecule has 6 heteroatoms. The Balaban J connectivity index is 2.38. The van der Waals surface area contributed by atoms with E-state index in [4.69, 9.17) is 5.11 Å². The second kappa shape index (κ2) is 4.73. The van der Waals surface area contributed by atoms with Crippen molar-refractivity contribution in [2.45, 2.75) is 19.9 Å². The highest BCUT2D eigenvalue weighted by Crippen LogP contribution is 2.27. The molecule has 1 atom stereocenters. The Morgan fingerprint density at radius 3 is 2.78 bits per heavy atom. The summed E-state index contributed by atoms with van der Waals surface area (Å²) in [4.78, 5) is 26.2. The Kier molecular flexibility index (Phi) is 3.29. The van der Waals surface area contributed by atoms with Crippen molar-refractivity contribution < 1.29 is 14.7 Å². The molecule has 5 nitrogen and oxygen atoms in total. The number of carboxylic acid groups (broad SMARTS) is 1. The highest BCUT2D eigenvalue weighted by Gasteiger charge is 2.13. The van der Waals surface area contributed by atoms with E-state index in [9.17, 15) is 9.59 Å². The van der Waals surface area contributed by atoms with Crippen molar-refractivity contribution >= 4 is 33.4 Å². The number of nitrogens with one attached hydrogen (secondary N) is 1. The number of aromatic carboxylic acids is 1. The van der Waals surface area contributed by atoms with Crippen LogP contribution in [0.3, 0.4) is 0 Å². The van der Waals surface area contributed by atoms with Crippen molar-refractivity contribution in [2.24, 2.45) is 0 Å². The lowest BCUT2D eigenvalue weighted by atomic mass is 10.2. The van der Waals surface area contributed by atoms with Crippen LogP contribution in [0, 0.1) is 0 Å². The van der Waals surface area contributed by atoms with Gasteiger partial charge in [0.15, 0.2) is 0 Å². The molecule has 0 aliphatic heterocycles. The number of hydrogen-bond donors (Lipinski definition) is 2. The molecule has 2 N–H and O–H groups in total. The molecule has 0 radical (unpaired) electrons. The number of rotatable bonds is 3. The quantitative estimate of drug-likeness (QED) is 0.890. The Hall–Kier alpha value is -1.95. The topological polar surface area (TPSA) is 79.3 Å². The summed E-state index contributed by atoms with van der Waals surface area (Å²) in [5, 5.41) is 12.4. The maximum atomic E-state index is 11.0. The van der Waals surface area contributed by atoms with Crippen molar-refractivity contribution in [1.82, 2.24) is 10.3 Å². The highest BCUT2D eigenvalue weighted by atomic mass is 32.1. The van der Waals surface area contributed by atoms with Crippen LogP contribution in [0.5, 0.6) is 0 Å². The molecule has 0 bridgehead atoms. The third kappa shape index (κ3) is 2.48. The molecule has 1 unspecified atom stereocenters. The van der Waals surface area contributed by atoms with Gasteiger partial charge in [0.2, 0.25) is 5.91 Å². The highest BCUT2D eigenvalue weighted by molar-refractivity contribution is 7.18. The lowest BCUT2D eigenvalue weighted by Crippen LogP contribution is -2.23. The summed E-state index contributed by atoms with van der Waals surface area (Å²) in [6.07, 6.45) is 0. The number of fused-ring (bicyclic) bond motifs is 1. The fraction of sp³-hybridized carbons (Fsp3) is 0.250. The average Bonchev–Trinajstić information content (AvgIpc) is 2.70. The summed E-state index contributed by atoms with van der Waals surface area (Å²) >= 11 is 1.45. The first-order valence-corrected chi connectivity index (χ1v) is 6.20. The van der Waals surface area contributed by atoms with E-state index >= 15 is 0 Å². The van der Waals surface area contributed by atoms with Gasteiger partial charge in [0, 0.05) is 6.92 Å². The zero-order chi connectivity index (χ0) is 13.3. The van der Waals surface area contributed by atoms with Crippen molar-refractivity contribution in [1.29, 1.82) is 0 Å². The minimum Gasteiger partial charge on any atom is -0.478 e. The van der Waals surface area contributed by atoms with E-state index in [-0.39, 0.29) is 17.5 Å². The zero-order valence-electron chi connectivity index (χ0n) is 9.93. The molecular formula is C12H12N2O3S. The molecule has 0 saturated carbocycles. The lowest BCUT2D eigenvalue weighted by molar-refractivity contribution is -0.119. The minimum absolute atomic E-state index is 0.118. The van der Waals surface area contributed by atoms with E-state index in [0.717, 1.165) is 9.71 Å². The number of carboxylic acids is 1. The van der Waals surface area contributed by atoms with Crippen molar-refractivity contribution in [3.63, 3.8) is 0 Å². The molecular weight excluding hydrogens is 252 g/mol. The van der Waals surface area contributed by atoms with Crippen LogP contribution < -0.4 is 5.32 Å². The maximum absolute atomic E-state index is 11.0. The van der Waals surface area contributed by atoms with Crippen molar-refractivity contribution in [3.05, 3.63) is 28.8 Å². The van der Waals surface area contributed by atoms with Gasteiger partial charge < -0.3 is 10.4 Å². The van der Waals surface area contributed by atoms with E-state index in [1.807, 2.05) is 6.92 Å². The molecule has 0 aliphatic carbocycles. The monoisotopic (exact) mass is 264 g/mol. The third-order valence-corrected chi connectivity index (χ3v) is 3.66. The van der Waals surface area contributed by atoms with E-state index in [2.05, 4.69) is 10.3 Å². The van der Waals surface area contributed by atoms with Crippen LogP contribution in [-0.2, 0) is 4.79 Å². The summed E-state index contributed by atoms with van der Waals surface area (Å²) < 4.78 is 0.909. The van der Waals surface area contributed by atoms with Gasteiger partial charge in [-0.2, -0.15) is 0 Å². The van der Waals surface area contributed by atoms with E-state index in [0.29, 0.717) is 5.52 Å². The van der Waals surface area contributed by atoms with Crippen molar-refractivity contribution in [3.8, 4) is 0 Å². The van der Waals surface area contributed by atoms with Gasteiger partial charge in [0.05, 0.1) is 21.8 Å². The van der Waals surface area contributed by atoms with E-state index in [1.54, 1.807) is 12.1 Å². The second-order valence-corrected chi connectivity index (χ2v) is 5.02. The van der Waals surface area contributed by atoms with Gasteiger partial charge in [-0.25, -0.2) is 9.78 Å². The molecule has 18 heavy (non-hydrogen) atoms. The minimum atomic E-state index is -0.971. The summed E-state index contributed by atoms with van der Waals surface area (Å²) in [5.74, 6) is -1.09. The van der Waals surface area contributed by atoms with E-state index < -0.39 is 5.97 Å². The first-order valence-electron chi connectivity index (χ1n) is 5.38. The lowest BCUT2D eigenvalue weighted by Gasteiger charge is -2.07. The van der Waals surface area contributed by atoms with Gasteiger partial charge in [-0.3, -0.25) is 4.79 Å². The molecule has 2 rings (SSSR count). The van der Waals surface area contributed by atoms with Crippen LogP contribution in [0.25, 0.3) is 10.2 Å². The summed E-state index contributed by atoms with van der Waals surface area (Å²) in [7, 11) is 0. The van der Waals surface area contributed by atoms with Crippen LogP contribution in [0.4, 0.5) is 0 Å². The Labute approximate surface area is 107 Å². The van der Waals surface area contributed by atoms with Crippen molar-refractivity contribution in [2.75, 3.05) is 0 Å². The normalized spacial score (nSPS) is 12.3. The summed E-state index contributed by atoms with van der Waals surface area (Å²) in [6.45, 7) is 3.30. The third-order valence-electron chi connectivity index (χ3n) is 2.44. The first-order chi connectivity index (χ1) is 8.47. The molecule has 94 valence electrons. The zero-order valence-corrected chi connectivity index (χ0v) is 10.7. The summed E-state index contributed by atoms with van der Waals surface area (Å²) in [6, 6.07) is 4.65. The number of benzene rings is 1. The van der Waals surface area contributed by atoms with Gasteiger partial charge in [-0.05, 0) is 25.1 Å². The number of nitrogens with zero attached hydrogens (tertiary/aromatic N) is 1. The number of carbonyl (C=O) groups is 2. The van der Waals surface area contributed by atoms with Crippen LogP contribution in [0.15, 0.2) is 18.2 Å². The predicted octanol–water partition coefficient (Wildman–Crippen LogP) is 2.19. The molecule has 1 aromatic carbocycles. The smallest absolute Gasteiger partial charge is 0.335 e. The SMILES string of the molecule is CC(=O)NC(C)c1nc2cc(C(=O)O)ccc2s1. The predicted molar refractivity (Wildman–Crippen MR) is 68.8 cm³/mol. The fourth-order valence-electron chi connectivity index (χ4n) is 1.63. The number of amides is 1. The summed E-state index contributed by atoms with van der Waals surface area (Å²) in [5.41, 5.74) is 0.860. The van der Waals surface area contributed by atoms with Gasteiger partial charge >= 0.3 is 5.97 Å². The molecule has 2 aromatic rings. The van der Waals surface area contributed by atoms with Gasteiger partial charge in [0.25, 0.3) is 0 Å². The number of thiazole rings is 1. The van der Waals surface area contributed by atoms with Crippen LogP contribution in [0.1, 0.15) is 35.3 Å². The van der Waals surface area contributed by atoms with Gasteiger partial charge in [-0.15, -0.1) is 11.3 Å². The Morgan fingerprint density at radius 1 is 1.44 bits per heavy atom. The van der Waals surface area contributed by atoms with Crippen LogP contribution >= 0.6 is 11.3 Å². The van der Waals surface area contributed by atoms with E-state index in [1.165, 1.54) is 24.3 Å². The van der Waals surface area contributed by atoms with Crippen LogP contribution in [0.2, 0.25) is 0 Å². The molecule has 0 saturated heterocycles. The van der Waals surface area contributed by atoms with Crippen LogP contribution in [-0.4, -0.2) is 22.0 Å². The second-order valence-electron chi connectivity index (χ2n) is 3.96. The molecule has 0 aliphatic rings. The average molecular weight is 264 g/mol. The molecule has 1 heterocycles. The Bertz CT molecular complexity index is 621. The molecule has 0 spiro atoms. The first kappa shape index (κ1) is 12.5. The maximum Gasteiger partial charge on any atom is 0.335 e. The standard InChI is InChI=1S/C12H12N2O3S/c1-6(13-7(2)15)11-14-9-5-8(12(16)17)3-4-10(9)18-11/h3-6H,1-2H3,(H,13,15)(H,16,17). The number of hydrogen-bond acceptors (Lipinski definition) is 4. The molecule has 0 fully saturated rings. The van der Waals surface area contributed by atoms with Gasteiger partial charge in [-0.1, -0.05) is 0 Å². The fourth-order valence-corrected chi connectivity index (χ4v) is 2.58. The number of aromatic nitrogens is 1. The Morgan fingerprint density at radius 2 is 2.17 bits per heavy atom. The molecule has 1 aromatic heterocycles. The molecule has 1 amide bonds. The largest absolute Gasteiger partial charge is 0.478 e. The van der Waals surface area contributed by atoms with Gasteiger partial charge in [0.1, 0.15) is 5.01 Å².